The van der Waals surface area contributed by atoms with E-state index < -0.39 is 5.97 Å². The lowest BCUT2D eigenvalue weighted by atomic mass is 10.0. The molecule has 106 valence electrons. The van der Waals surface area contributed by atoms with Gasteiger partial charge in [-0.05, 0) is 31.9 Å². The molecule has 3 nitrogen and oxygen atoms in total. The molecule has 0 spiro atoms. The fourth-order valence-corrected chi connectivity index (χ4v) is 2.25. The molecule has 1 N–H and O–H groups in total. The van der Waals surface area contributed by atoms with Crippen LogP contribution in [0.25, 0.3) is 0 Å². The molecule has 0 aliphatic rings. The average molecular weight is 263 g/mol. The number of carboxylic acids is 1. The molecule has 0 heterocycles. The molecule has 0 aliphatic carbocycles. The summed E-state index contributed by atoms with van der Waals surface area (Å²) in [6.45, 7) is 7.57. The number of nitrogens with zero attached hydrogens (tertiary/aromatic N) is 1. The first-order chi connectivity index (χ1) is 9.04. The summed E-state index contributed by atoms with van der Waals surface area (Å²) in [6.07, 6.45) is 2.10. The van der Waals surface area contributed by atoms with Gasteiger partial charge in [0.15, 0.2) is 0 Å². The molecule has 1 aromatic carbocycles. The Labute approximate surface area is 116 Å². The lowest BCUT2D eigenvalue weighted by Crippen LogP contribution is -2.38. The maximum absolute atomic E-state index is 10.9. The fourth-order valence-electron chi connectivity index (χ4n) is 2.25. The van der Waals surface area contributed by atoms with Crippen molar-refractivity contribution in [2.24, 2.45) is 5.92 Å². The number of carbonyl (C=O) groups is 1. The second-order valence-corrected chi connectivity index (χ2v) is 5.20. The number of benzene rings is 1. The van der Waals surface area contributed by atoms with E-state index in [1.165, 1.54) is 5.56 Å². The molecule has 0 saturated heterocycles. The molecule has 0 bridgehead atoms. The lowest BCUT2D eigenvalue weighted by Gasteiger charge is -2.29. The summed E-state index contributed by atoms with van der Waals surface area (Å²) in [4.78, 5) is 13.2. The maximum Gasteiger partial charge on any atom is 0.307 e. The SMILES string of the molecule is CCN(CC(C)C(=O)O)C(C)CCc1ccccc1. The van der Waals surface area contributed by atoms with Crippen LogP contribution in [0.2, 0.25) is 0 Å². The van der Waals surface area contributed by atoms with Crippen molar-refractivity contribution in [1.82, 2.24) is 4.90 Å². The van der Waals surface area contributed by atoms with Crippen LogP contribution in [-0.2, 0) is 11.2 Å². The van der Waals surface area contributed by atoms with Crippen molar-refractivity contribution in [2.75, 3.05) is 13.1 Å². The van der Waals surface area contributed by atoms with E-state index in [1.807, 2.05) is 6.07 Å². The summed E-state index contributed by atoms with van der Waals surface area (Å²) in [5.41, 5.74) is 1.34. The van der Waals surface area contributed by atoms with Gasteiger partial charge < -0.3 is 10.0 Å². The Hall–Kier alpha value is -1.35. The minimum Gasteiger partial charge on any atom is -0.481 e. The van der Waals surface area contributed by atoms with Gasteiger partial charge in [-0.3, -0.25) is 4.79 Å². The summed E-state index contributed by atoms with van der Waals surface area (Å²) in [7, 11) is 0. The highest BCUT2D eigenvalue weighted by molar-refractivity contribution is 5.69. The van der Waals surface area contributed by atoms with Gasteiger partial charge in [0.2, 0.25) is 0 Å². The van der Waals surface area contributed by atoms with Crippen LogP contribution < -0.4 is 0 Å². The Kier molecular flexibility index (Phi) is 6.57. The molecule has 2 atom stereocenters. The fraction of sp³-hybridized carbons (Fsp3) is 0.562. The molecule has 0 aromatic heterocycles. The van der Waals surface area contributed by atoms with Gasteiger partial charge in [-0.2, -0.15) is 0 Å². The van der Waals surface area contributed by atoms with E-state index in [4.69, 9.17) is 5.11 Å². The third-order valence-electron chi connectivity index (χ3n) is 3.65. The second-order valence-electron chi connectivity index (χ2n) is 5.20. The highest BCUT2D eigenvalue weighted by Gasteiger charge is 2.18. The van der Waals surface area contributed by atoms with Gasteiger partial charge in [-0.25, -0.2) is 0 Å². The maximum atomic E-state index is 10.9. The normalized spacial score (nSPS) is 14.3. The molecule has 0 saturated carbocycles. The van der Waals surface area contributed by atoms with Gasteiger partial charge in [0.1, 0.15) is 0 Å². The van der Waals surface area contributed by atoms with Crippen LogP contribution in [0.4, 0.5) is 0 Å². The predicted molar refractivity (Wildman–Crippen MR) is 78.3 cm³/mol. The largest absolute Gasteiger partial charge is 0.481 e. The Morgan fingerprint density at radius 1 is 1.26 bits per heavy atom. The van der Waals surface area contributed by atoms with E-state index in [0.717, 1.165) is 19.4 Å². The van der Waals surface area contributed by atoms with Crippen LogP contribution in [0.1, 0.15) is 32.8 Å². The van der Waals surface area contributed by atoms with Gasteiger partial charge in [0, 0.05) is 12.6 Å². The predicted octanol–water partition coefficient (Wildman–Crippen LogP) is 3.05. The Bertz CT molecular complexity index is 378. The molecule has 3 heteroatoms. The first-order valence-corrected chi connectivity index (χ1v) is 7.05. The summed E-state index contributed by atoms with van der Waals surface area (Å²) in [5.74, 6) is -1.02. The highest BCUT2D eigenvalue weighted by Crippen LogP contribution is 2.12. The smallest absolute Gasteiger partial charge is 0.307 e. The number of hydrogen-bond donors (Lipinski definition) is 1. The third-order valence-corrected chi connectivity index (χ3v) is 3.65. The summed E-state index contributed by atoms with van der Waals surface area (Å²) >= 11 is 0. The van der Waals surface area contributed by atoms with E-state index in [0.29, 0.717) is 12.6 Å². The highest BCUT2D eigenvalue weighted by atomic mass is 16.4. The van der Waals surface area contributed by atoms with Crippen LogP contribution in [0.3, 0.4) is 0 Å². The van der Waals surface area contributed by atoms with Gasteiger partial charge >= 0.3 is 5.97 Å². The minimum atomic E-state index is -0.714. The number of aliphatic carboxylic acids is 1. The first kappa shape index (κ1) is 15.7. The Balaban J connectivity index is 2.45. The van der Waals surface area contributed by atoms with Gasteiger partial charge in [0.25, 0.3) is 0 Å². The van der Waals surface area contributed by atoms with Crippen molar-refractivity contribution in [3.63, 3.8) is 0 Å². The Morgan fingerprint density at radius 3 is 2.42 bits per heavy atom. The number of hydrogen-bond acceptors (Lipinski definition) is 2. The van der Waals surface area contributed by atoms with E-state index in [-0.39, 0.29) is 5.92 Å². The second kappa shape index (κ2) is 7.95. The molecular weight excluding hydrogens is 238 g/mol. The average Bonchev–Trinajstić information content (AvgIpc) is 2.42. The zero-order chi connectivity index (χ0) is 14.3. The summed E-state index contributed by atoms with van der Waals surface area (Å²) in [6, 6.07) is 10.8. The van der Waals surface area contributed by atoms with Crippen LogP contribution in [0.15, 0.2) is 30.3 Å². The third kappa shape index (κ3) is 5.43. The van der Waals surface area contributed by atoms with Crippen molar-refractivity contribution >= 4 is 5.97 Å². The first-order valence-electron chi connectivity index (χ1n) is 7.05. The standard InChI is InChI=1S/C16H25NO2/c1-4-17(12-13(2)16(18)19)14(3)10-11-15-8-6-5-7-9-15/h5-9,13-14H,4,10-12H2,1-3H3,(H,18,19). The number of rotatable bonds is 8. The zero-order valence-corrected chi connectivity index (χ0v) is 12.2. The molecule has 1 rings (SSSR count). The van der Waals surface area contributed by atoms with Gasteiger partial charge in [-0.1, -0.05) is 44.2 Å². The summed E-state index contributed by atoms with van der Waals surface area (Å²) < 4.78 is 0. The molecule has 2 unspecified atom stereocenters. The van der Waals surface area contributed by atoms with Crippen LogP contribution in [0.5, 0.6) is 0 Å². The van der Waals surface area contributed by atoms with Crippen molar-refractivity contribution in [1.29, 1.82) is 0 Å². The van der Waals surface area contributed by atoms with E-state index in [1.54, 1.807) is 6.92 Å². The van der Waals surface area contributed by atoms with E-state index in [9.17, 15) is 4.79 Å². The van der Waals surface area contributed by atoms with Crippen molar-refractivity contribution in [3.8, 4) is 0 Å². The molecule has 0 aliphatic heterocycles. The molecule has 0 fully saturated rings. The Morgan fingerprint density at radius 2 is 1.89 bits per heavy atom. The topological polar surface area (TPSA) is 40.5 Å². The van der Waals surface area contributed by atoms with Gasteiger partial charge in [0.05, 0.1) is 5.92 Å². The van der Waals surface area contributed by atoms with Crippen molar-refractivity contribution < 1.29 is 9.90 Å². The number of aryl methyl sites for hydroxylation is 1. The zero-order valence-electron chi connectivity index (χ0n) is 12.2. The van der Waals surface area contributed by atoms with Crippen molar-refractivity contribution in [3.05, 3.63) is 35.9 Å². The van der Waals surface area contributed by atoms with Crippen LogP contribution >= 0.6 is 0 Å². The lowest BCUT2D eigenvalue weighted by molar-refractivity contribution is -0.141. The van der Waals surface area contributed by atoms with Crippen molar-refractivity contribution in [2.45, 2.75) is 39.7 Å². The molecule has 1 aromatic rings. The quantitative estimate of drug-likeness (QED) is 0.783. The van der Waals surface area contributed by atoms with Gasteiger partial charge in [-0.15, -0.1) is 0 Å². The monoisotopic (exact) mass is 263 g/mol. The molecule has 19 heavy (non-hydrogen) atoms. The van der Waals surface area contributed by atoms with E-state index >= 15 is 0 Å². The summed E-state index contributed by atoms with van der Waals surface area (Å²) in [5, 5.41) is 8.99. The van der Waals surface area contributed by atoms with Crippen LogP contribution in [-0.4, -0.2) is 35.1 Å². The number of carboxylic acid groups (broad SMARTS) is 1. The molecule has 0 amide bonds. The molecule has 0 radical (unpaired) electrons. The van der Waals surface area contributed by atoms with Crippen LogP contribution in [0, 0.1) is 5.92 Å². The molecular formula is C16H25NO2. The minimum absolute atomic E-state index is 0.306. The van der Waals surface area contributed by atoms with E-state index in [2.05, 4.69) is 43.0 Å².